The molecule has 0 aliphatic heterocycles. The molecule has 0 bridgehead atoms. The van der Waals surface area contributed by atoms with Gasteiger partial charge in [-0.3, -0.25) is 0 Å². The lowest BCUT2D eigenvalue weighted by Gasteiger charge is -2.18. The van der Waals surface area contributed by atoms with E-state index in [-0.39, 0.29) is 12.1 Å². The zero-order valence-electron chi connectivity index (χ0n) is 12.1. The molecule has 7 heteroatoms. The van der Waals surface area contributed by atoms with Gasteiger partial charge in [0.05, 0.1) is 6.10 Å². The van der Waals surface area contributed by atoms with Gasteiger partial charge in [0.25, 0.3) is 0 Å². The molecule has 3 N–H and O–H groups in total. The van der Waals surface area contributed by atoms with E-state index >= 15 is 0 Å². The van der Waals surface area contributed by atoms with E-state index in [9.17, 15) is 9.59 Å². The van der Waals surface area contributed by atoms with E-state index in [0.717, 1.165) is 19.3 Å². The van der Waals surface area contributed by atoms with Gasteiger partial charge in [-0.25, -0.2) is 9.59 Å². The molecule has 0 radical (unpaired) electrons. The lowest BCUT2D eigenvalue weighted by atomic mass is 10.1. The maximum Gasteiger partial charge on any atom is 0.326 e. The Morgan fingerprint density at radius 3 is 2.65 bits per heavy atom. The normalized spacial score (nSPS) is 23.3. The van der Waals surface area contributed by atoms with Crippen molar-refractivity contribution in [2.75, 3.05) is 20.8 Å². The number of ether oxygens (including phenoxy) is 2. The Hall–Kier alpha value is -1.34. The van der Waals surface area contributed by atoms with Crippen LogP contribution in [0.2, 0.25) is 0 Å². The zero-order valence-corrected chi connectivity index (χ0v) is 12.1. The van der Waals surface area contributed by atoms with Gasteiger partial charge in [0.15, 0.2) is 0 Å². The maximum atomic E-state index is 11.8. The summed E-state index contributed by atoms with van der Waals surface area (Å²) in [5.74, 6) is -1.03. The van der Waals surface area contributed by atoms with Gasteiger partial charge in [-0.2, -0.15) is 0 Å². The predicted octanol–water partition coefficient (Wildman–Crippen LogP) is 0.733. The minimum atomic E-state index is -1.03. The first-order chi connectivity index (χ1) is 9.56. The molecule has 0 aromatic carbocycles. The summed E-state index contributed by atoms with van der Waals surface area (Å²) >= 11 is 0. The van der Waals surface area contributed by atoms with Gasteiger partial charge in [-0.1, -0.05) is 0 Å². The van der Waals surface area contributed by atoms with Crippen LogP contribution in [0.5, 0.6) is 0 Å². The van der Waals surface area contributed by atoms with Gasteiger partial charge in [0, 0.05) is 26.9 Å². The van der Waals surface area contributed by atoms with Crippen molar-refractivity contribution < 1.29 is 24.2 Å². The molecular formula is C13H24N2O5. The Morgan fingerprint density at radius 2 is 2.10 bits per heavy atom. The minimum Gasteiger partial charge on any atom is -0.480 e. The average Bonchev–Trinajstić information content (AvgIpc) is 2.85. The second-order valence-electron chi connectivity index (χ2n) is 5.01. The fourth-order valence-electron chi connectivity index (χ4n) is 2.36. The van der Waals surface area contributed by atoms with E-state index in [1.165, 1.54) is 0 Å². The van der Waals surface area contributed by atoms with Crippen LogP contribution in [0.1, 0.15) is 32.1 Å². The molecule has 2 amide bonds. The molecule has 7 nitrogen and oxygen atoms in total. The van der Waals surface area contributed by atoms with Crippen molar-refractivity contribution in [1.29, 1.82) is 0 Å². The summed E-state index contributed by atoms with van der Waals surface area (Å²) in [4.78, 5) is 22.8. The second kappa shape index (κ2) is 8.76. The lowest BCUT2D eigenvalue weighted by molar-refractivity contribution is -0.139. The van der Waals surface area contributed by atoms with Crippen molar-refractivity contribution >= 4 is 12.0 Å². The quantitative estimate of drug-likeness (QED) is 0.572. The number of hydrogen-bond donors (Lipinski definition) is 3. The van der Waals surface area contributed by atoms with Crippen LogP contribution < -0.4 is 10.6 Å². The molecule has 0 spiro atoms. The summed E-state index contributed by atoms with van der Waals surface area (Å²) in [5.41, 5.74) is 0. The molecule has 3 unspecified atom stereocenters. The number of carboxylic acids is 1. The topological polar surface area (TPSA) is 96.9 Å². The molecule has 1 fully saturated rings. The summed E-state index contributed by atoms with van der Waals surface area (Å²) in [7, 11) is 3.21. The molecule has 1 saturated carbocycles. The molecular weight excluding hydrogens is 264 g/mol. The number of carbonyl (C=O) groups excluding carboxylic acids is 1. The first kappa shape index (κ1) is 16.7. The van der Waals surface area contributed by atoms with E-state index in [0.29, 0.717) is 19.4 Å². The molecule has 0 aromatic rings. The number of hydrogen-bond acceptors (Lipinski definition) is 4. The van der Waals surface area contributed by atoms with Gasteiger partial charge < -0.3 is 25.2 Å². The lowest BCUT2D eigenvalue weighted by Crippen LogP contribution is -2.48. The van der Waals surface area contributed by atoms with Gasteiger partial charge in [0.1, 0.15) is 6.04 Å². The minimum absolute atomic E-state index is 0.0494. The molecule has 0 aromatic heterocycles. The van der Waals surface area contributed by atoms with Crippen molar-refractivity contribution in [1.82, 2.24) is 10.6 Å². The molecule has 1 rings (SSSR count). The standard InChI is InChI=1S/C13H24N2O5/c1-19-7-3-4-11(12(16)17)15-13(18)14-9-5-6-10(8-9)20-2/h9-11H,3-8H2,1-2H3,(H,16,17)(H2,14,15,18). The Kier molecular flexibility index (Phi) is 7.32. The van der Waals surface area contributed by atoms with Crippen molar-refractivity contribution in [3.63, 3.8) is 0 Å². The highest BCUT2D eigenvalue weighted by atomic mass is 16.5. The fourth-order valence-corrected chi connectivity index (χ4v) is 2.36. The number of carboxylic acid groups (broad SMARTS) is 1. The van der Waals surface area contributed by atoms with E-state index < -0.39 is 18.0 Å². The number of amides is 2. The molecule has 1 aliphatic rings. The van der Waals surface area contributed by atoms with Gasteiger partial charge in [0.2, 0.25) is 0 Å². The van der Waals surface area contributed by atoms with Crippen LogP contribution >= 0.6 is 0 Å². The Labute approximate surface area is 119 Å². The molecule has 0 saturated heterocycles. The summed E-state index contributed by atoms with van der Waals surface area (Å²) < 4.78 is 10.1. The van der Waals surface area contributed by atoms with Crippen LogP contribution in [-0.2, 0) is 14.3 Å². The average molecular weight is 288 g/mol. The van der Waals surface area contributed by atoms with Gasteiger partial charge >= 0.3 is 12.0 Å². The van der Waals surface area contributed by atoms with Crippen LogP contribution in [-0.4, -0.2) is 56.1 Å². The molecule has 20 heavy (non-hydrogen) atoms. The Balaban J connectivity index is 2.32. The van der Waals surface area contributed by atoms with Crippen molar-refractivity contribution in [3.8, 4) is 0 Å². The number of aliphatic carboxylic acids is 1. The fraction of sp³-hybridized carbons (Fsp3) is 0.846. The number of methoxy groups -OCH3 is 2. The van der Waals surface area contributed by atoms with Crippen LogP contribution in [0, 0.1) is 0 Å². The molecule has 3 atom stereocenters. The van der Waals surface area contributed by atoms with Crippen LogP contribution in [0.15, 0.2) is 0 Å². The van der Waals surface area contributed by atoms with E-state index in [4.69, 9.17) is 14.6 Å². The highest BCUT2D eigenvalue weighted by Gasteiger charge is 2.27. The molecule has 0 heterocycles. The van der Waals surface area contributed by atoms with E-state index in [2.05, 4.69) is 10.6 Å². The van der Waals surface area contributed by atoms with Crippen molar-refractivity contribution in [3.05, 3.63) is 0 Å². The van der Waals surface area contributed by atoms with Crippen LogP contribution in [0.25, 0.3) is 0 Å². The third kappa shape index (κ3) is 5.75. The first-order valence-electron chi connectivity index (χ1n) is 6.88. The second-order valence-corrected chi connectivity index (χ2v) is 5.01. The first-order valence-corrected chi connectivity index (χ1v) is 6.88. The smallest absolute Gasteiger partial charge is 0.326 e. The Bertz CT molecular complexity index is 324. The maximum absolute atomic E-state index is 11.8. The zero-order chi connectivity index (χ0) is 15.0. The van der Waals surface area contributed by atoms with Gasteiger partial charge in [-0.05, 0) is 32.1 Å². The number of nitrogens with one attached hydrogen (secondary N) is 2. The monoisotopic (exact) mass is 288 g/mol. The number of rotatable bonds is 8. The van der Waals surface area contributed by atoms with E-state index in [1.54, 1.807) is 14.2 Å². The van der Waals surface area contributed by atoms with Crippen molar-refractivity contribution in [2.24, 2.45) is 0 Å². The highest BCUT2D eigenvalue weighted by Crippen LogP contribution is 2.21. The van der Waals surface area contributed by atoms with E-state index in [1.807, 2.05) is 0 Å². The molecule has 116 valence electrons. The van der Waals surface area contributed by atoms with Crippen LogP contribution in [0.4, 0.5) is 4.79 Å². The summed E-state index contributed by atoms with van der Waals surface area (Å²) in [6, 6.07) is -1.27. The third-order valence-electron chi connectivity index (χ3n) is 3.50. The molecule has 1 aliphatic carbocycles. The SMILES string of the molecule is COCCCC(NC(=O)NC1CCC(OC)C1)C(=O)O. The van der Waals surface area contributed by atoms with Crippen LogP contribution in [0.3, 0.4) is 0 Å². The predicted molar refractivity (Wildman–Crippen MR) is 72.6 cm³/mol. The summed E-state index contributed by atoms with van der Waals surface area (Å²) in [5, 5.41) is 14.3. The summed E-state index contributed by atoms with van der Waals surface area (Å²) in [6.45, 7) is 0.477. The largest absolute Gasteiger partial charge is 0.480 e. The van der Waals surface area contributed by atoms with Crippen molar-refractivity contribution in [2.45, 2.75) is 50.3 Å². The number of carbonyl (C=O) groups is 2. The highest BCUT2D eigenvalue weighted by molar-refractivity contribution is 5.82. The Morgan fingerprint density at radius 1 is 1.35 bits per heavy atom. The third-order valence-corrected chi connectivity index (χ3v) is 3.50. The number of urea groups is 1. The summed E-state index contributed by atoms with van der Waals surface area (Å²) in [6.07, 6.45) is 3.65. The van der Waals surface area contributed by atoms with Gasteiger partial charge in [-0.15, -0.1) is 0 Å².